The van der Waals surface area contributed by atoms with Crippen molar-refractivity contribution in [3.8, 4) is 11.8 Å². The fourth-order valence-corrected chi connectivity index (χ4v) is 1.70. The van der Waals surface area contributed by atoms with Gasteiger partial charge in [-0.1, -0.05) is 12.1 Å². The Bertz CT molecular complexity index is 763. The summed E-state index contributed by atoms with van der Waals surface area (Å²) in [5.74, 6) is -0.00599. The van der Waals surface area contributed by atoms with Crippen LogP contribution in [-0.4, -0.2) is 16.0 Å². The first kappa shape index (κ1) is 15.1. The zero-order valence-electron chi connectivity index (χ0n) is 11.9. The average molecular weight is 294 g/mol. The third-order valence-corrected chi connectivity index (χ3v) is 2.72. The monoisotopic (exact) mass is 294 g/mol. The lowest BCUT2D eigenvalue weighted by atomic mass is 10.2. The Hall–Kier alpha value is -3.33. The number of benzene rings is 1. The van der Waals surface area contributed by atoms with E-state index in [4.69, 9.17) is 5.26 Å². The number of amides is 1. The molecule has 0 spiro atoms. The van der Waals surface area contributed by atoms with Gasteiger partial charge >= 0.3 is 0 Å². The van der Waals surface area contributed by atoms with Gasteiger partial charge in [0.05, 0.1) is 0 Å². The van der Waals surface area contributed by atoms with Crippen molar-refractivity contribution >= 4 is 17.4 Å². The highest BCUT2D eigenvalue weighted by molar-refractivity contribution is 6.06. The van der Waals surface area contributed by atoms with E-state index in [9.17, 15) is 9.90 Å². The first-order valence-electron chi connectivity index (χ1n) is 6.49. The molecule has 3 N–H and O–H groups in total. The summed E-state index contributed by atoms with van der Waals surface area (Å²) in [5.41, 5.74) is 1.12. The smallest absolute Gasteiger partial charge is 0.267 e. The second-order valence-electron chi connectivity index (χ2n) is 4.48. The van der Waals surface area contributed by atoms with Gasteiger partial charge in [-0.2, -0.15) is 5.26 Å². The van der Waals surface area contributed by atoms with Crippen LogP contribution in [0, 0.1) is 18.3 Å². The molecule has 0 bridgehead atoms. The van der Waals surface area contributed by atoms with Crippen LogP contribution in [0.2, 0.25) is 0 Å². The van der Waals surface area contributed by atoms with Crippen molar-refractivity contribution in [3.05, 3.63) is 59.9 Å². The van der Waals surface area contributed by atoms with Crippen molar-refractivity contribution in [2.45, 2.75) is 6.92 Å². The number of aryl methyl sites for hydroxylation is 1. The molecule has 6 heteroatoms. The molecule has 0 fully saturated rings. The molecule has 1 amide bonds. The third kappa shape index (κ3) is 4.08. The molecule has 0 radical (unpaired) electrons. The molecule has 1 aromatic heterocycles. The number of nitrogens with one attached hydrogen (secondary N) is 2. The Morgan fingerprint density at radius 3 is 2.77 bits per heavy atom. The number of phenols is 1. The van der Waals surface area contributed by atoms with Crippen LogP contribution in [0.5, 0.6) is 5.75 Å². The molecular weight excluding hydrogens is 280 g/mol. The summed E-state index contributed by atoms with van der Waals surface area (Å²) in [6.45, 7) is 1.84. The maximum atomic E-state index is 12.0. The molecule has 0 saturated carbocycles. The van der Waals surface area contributed by atoms with Gasteiger partial charge in [0.2, 0.25) is 0 Å². The molecule has 2 aromatic rings. The zero-order valence-corrected chi connectivity index (χ0v) is 11.9. The molecule has 0 saturated heterocycles. The van der Waals surface area contributed by atoms with Crippen molar-refractivity contribution in [2.75, 3.05) is 10.6 Å². The lowest BCUT2D eigenvalue weighted by Gasteiger charge is -2.05. The van der Waals surface area contributed by atoms with Crippen LogP contribution in [0.3, 0.4) is 0 Å². The fraction of sp³-hybridized carbons (Fsp3) is 0.0625. The zero-order chi connectivity index (χ0) is 15.9. The summed E-state index contributed by atoms with van der Waals surface area (Å²) in [6, 6.07) is 13.3. The third-order valence-electron chi connectivity index (χ3n) is 2.72. The number of carbonyl (C=O) groups is 1. The van der Waals surface area contributed by atoms with Gasteiger partial charge in [-0.25, -0.2) is 4.98 Å². The summed E-state index contributed by atoms with van der Waals surface area (Å²) in [5, 5.41) is 23.8. The number of carbonyl (C=O) groups excluding carboxylic acids is 1. The Labute approximate surface area is 127 Å². The van der Waals surface area contributed by atoms with E-state index in [0.29, 0.717) is 11.5 Å². The number of nitrogens with zero attached hydrogens (tertiary/aromatic N) is 2. The lowest BCUT2D eigenvalue weighted by molar-refractivity contribution is -0.112. The number of phenolic OH excluding ortho intramolecular Hbond substituents is 1. The van der Waals surface area contributed by atoms with E-state index in [1.54, 1.807) is 18.2 Å². The summed E-state index contributed by atoms with van der Waals surface area (Å²) in [6.07, 6.45) is 1.29. The molecule has 0 aliphatic carbocycles. The minimum absolute atomic E-state index is 0.0300. The van der Waals surface area contributed by atoms with Crippen LogP contribution in [0.25, 0.3) is 0 Å². The highest BCUT2D eigenvalue weighted by Crippen LogP contribution is 2.16. The van der Waals surface area contributed by atoms with Gasteiger partial charge in [0.25, 0.3) is 5.91 Å². The van der Waals surface area contributed by atoms with Crippen LogP contribution >= 0.6 is 0 Å². The number of anilines is 2. The van der Waals surface area contributed by atoms with Crippen molar-refractivity contribution in [3.63, 3.8) is 0 Å². The van der Waals surface area contributed by atoms with Crippen LogP contribution in [-0.2, 0) is 4.79 Å². The van der Waals surface area contributed by atoms with E-state index in [2.05, 4.69) is 15.6 Å². The summed E-state index contributed by atoms with van der Waals surface area (Å²) in [7, 11) is 0. The van der Waals surface area contributed by atoms with Crippen molar-refractivity contribution < 1.29 is 9.90 Å². The number of hydrogen-bond acceptors (Lipinski definition) is 5. The molecule has 0 aliphatic rings. The van der Waals surface area contributed by atoms with Crippen molar-refractivity contribution in [2.24, 2.45) is 0 Å². The average Bonchev–Trinajstić information content (AvgIpc) is 2.48. The topological polar surface area (TPSA) is 98.0 Å². The maximum Gasteiger partial charge on any atom is 0.267 e. The second kappa shape index (κ2) is 6.90. The van der Waals surface area contributed by atoms with Gasteiger partial charge in [0.15, 0.2) is 0 Å². The fourth-order valence-electron chi connectivity index (χ4n) is 1.70. The number of nitriles is 1. The Morgan fingerprint density at radius 2 is 2.09 bits per heavy atom. The summed E-state index contributed by atoms with van der Waals surface area (Å²) >= 11 is 0. The number of pyridine rings is 1. The van der Waals surface area contributed by atoms with Crippen molar-refractivity contribution in [1.82, 2.24) is 4.98 Å². The highest BCUT2D eigenvalue weighted by atomic mass is 16.3. The molecular formula is C16H14N4O2. The molecule has 0 atom stereocenters. The first-order valence-corrected chi connectivity index (χ1v) is 6.49. The van der Waals surface area contributed by atoms with Gasteiger partial charge in [0, 0.05) is 23.6 Å². The number of aromatic nitrogens is 1. The van der Waals surface area contributed by atoms with Crippen molar-refractivity contribution in [1.29, 1.82) is 5.26 Å². The van der Waals surface area contributed by atoms with Crippen LogP contribution in [0.1, 0.15) is 5.69 Å². The first-order chi connectivity index (χ1) is 10.6. The molecule has 6 nitrogen and oxygen atoms in total. The highest BCUT2D eigenvalue weighted by Gasteiger charge is 2.09. The van der Waals surface area contributed by atoms with E-state index < -0.39 is 5.91 Å². The Kier molecular flexibility index (Phi) is 4.73. The van der Waals surface area contributed by atoms with Gasteiger partial charge in [-0.05, 0) is 31.2 Å². The molecule has 1 heterocycles. The molecule has 2 rings (SSSR count). The minimum Gasteiger partial charge on any atom is -0.508 e. The lowest BCUT2D eigenvalue weighted by Crippen LogP contribution is -2.14. The van der Waals surface area contributed by atoms with Crippen LogP contribution in [0.4, 0.5) is 11.5 Å². The molecule has 22 heavy (non-hydrogen) atoms. The number of rotatable bonds is 4. The van der Waals surface area contributed by atoms with E-state index in [-0.39, 0.29) is 11.3 Å². The van der Waals surface area contributed by atoms with Crippen LogP contribution < -0.4 is 10.6 Å². The predicted molar refractivity (Wildman–Crippen MR) is 83.0 cm³/mol. The minimum atomic E-state index is -0.576. The van der Waals surface area contributed by atoms with E-state index in [1.165, 1.54) is 18.3 Å². The molecule has 0 unspecified atom stereocenters. The second-order valence-corrected chi connectivity index (χ2v) is 4.48. The Balaban J connectivity index is 2.09. The van der Waals surface area contributed by atoms with E-state index >= 15 is 0 Å². The van der Waals surface area contributed by atoms with Gasteiger partial charge in [-0.15, -0.1) is 0 Å². The summed E-state index contributed by atoms with van der Waals surface area (Å²) < 4.78 is 0. The predicted octanol–water partition coefficient (Wildman–Crippen LogP) is 2.55. The maximum absolute atomic E-state index is 12.0. The standard InChI is InChI=1S/C16H14N4O2/c1-11-4-2-7-15(19-11)18-10-12(9-17)16(22)20-13-5-3-6-14(21)8-13/h2-8,10,21H,1H3,(H,18,19)(H,20,22)/b12-10-. The normalized spacial score (nSPS) is 10.6. The SMILES string of the molecule is Cc1cccc(N/C=C(/C#N)C(=O)Nc2cccc(O)c2)n1. The Morgan fingerprint density at radius 1 is 1.32 bits per heavy atom. The van der Waals surface area contributed by atoms with Gasteiger partial charge in [0.1, 0.15) is 23.2 Å². The molecule has 0 aliphatic heterocycles. The van der Waals surface area contributed by atoms with Crippen LogP contribution in [0.15, 0.2) is 54.2 Å². The molecule has 110 valence electrons. The number of aromatic hydroxyl groups is 1. The number of hydrogen-bond donors (Lipinski definition) is 3. The molecule has 1 aromatic carbocycles. The van der Waals surface area contributed by atoms with Gasteiger partial charge in [-0.3, -0.25) is 4.79 Å². The largest absolute Gasteiger partial charge is 0.508 e. The van der Waals surface area contributed by atoms with E-state index in [0.717, 1.165) is 5.69 Å². The van der Waals surface area contributed by atoms with Gasteiger partial charge < -0.3 is 15.7 Å². The quantitative estimate of drug-likeness (QED) is 0.594. The van der Waals surface area contributed by atoms with E-state index in [1.807, 2.05) is 25.1 Å². The summed E-state index contributed by atoms with van der Waals surface area (Å²) in [4.78, 5) is 16.2.